The van der Waals surface area contributed by atoms with Gasteiger partial charge in [0.05, 0.1) is 12.7 Å². The molecule has 0 bridgehead atoms. The molecule has 1 aromatic heterocycles. The minimum atomic E-state index is -0.891. The Morgan fingerprint density at radius 1 is 1.46 bits per heavy atom. The summed E-state index contributed by atoms with van der Waals surface area (Å²) in [4.78, 5) is 24.5. The van der Waals surface area contributed by atoms with Crippen LogP contribution in [-0.4, -0.2) is 71.4 Å². The fourth-order valence-electron chi connectivity index (χ4n) is 3.52. The van der Waals surface area contributed by atoms with Crippen LogP contribution in [-0.2, 0) is 9.53 Å². The number of aliphatic hydroxyl groups is 1. The third-order valence-electron chi connectivity index (χ3n) is 4.97. The molecule has 2 aliphatic rings. The Balaban J connectivity index is 1.52. The monoisotopic (exact) mass is 334 g/mol. The molecule has 7 heteroatoms. The van der Waals surface area contributed by atoms with E-state index in [0.29, 0.717) is 31.8 Å². The summed E-state index contributed by atoms with van der Waals surface area (Å²) in [7, 11) is 1.78. The summed E-state index contributed by atoms with van der Waals surface area (Å²) < 4.78 is 5.34. The number of β-amino-alcohol motifs (C(OH)–C–C–N with tert-alkyl or cyclic N) is 1. The predicted octanol–water partition coefficient (Wildman–Crippen LogP) is 0.693. The lowest BCUT2D eigenvalue weighted by Crippen LogP contribution is -2.46. The molecule has 1 atom stereocenters. The van der Waals surface area contributed by atoms with Gasteiger partial charge in [0.1, 0.15) is 11.4 Å². The van der Waals surface area contributed by atoms with Crippen LogP contribution in [0.25, 0.3) is 0 Å². The molecule has 2 aliphatic heterocycles. The maximum absolute atomic E-state index is 12.4. The van der Waals surface area contributed by atoms with Crippen molar-refractivity contribution in [1.29, 1.82) is 0 Å². The van der Waals surface area contributed by atoms with Crippen LogP contribution in [0.4, 0.5) is 5.82 Å². The number of carbonyl (C=O) groups excluding carboxylic acids is 1. The average Bonchev–Trinajstić information content (AvgIpc) is 2.98. The topological polar surface area (TPSA) is 78.8 Å². The van der Waals surface area contributed by atoms with E-state index in [1.54, 1.807) is 30.5 Å². The van der Waals surface area contributed by atoms with Crippen LogP contribution >= 0.6 is 0 Å². The van der Waals surface area contributed by atoms with E-state index in [-0.39, 0.29) is 5.91 Å². The second-order valence-electron chi connectivity index (χ2n) is 6.97. The van der Waals surface area contributed by atoms with Crippen molar-refractivity contribution in [3.8, 4) is 0 Å². The van der Waals surface area contributed by atoms with Gasteiger partial charge in [0.25, 0.3) is 0 Å². The fourth-order valence-corrected chi connectivity index (χ4v) is 3.52. The van der Waals surface area contributed by atoms with Crippen molar-refractivity contribution in [1.82, 2.24) is 14.9 Å². The number of hydrogen-bond acceptors (Lipinski definition) is 6. The molecular formula is C17H26N4O3. The summed E-state index contributed by atoms with van der Waals surface area (Å²) >= 11 is 0. The summed E-state index contributed by atoms with van der Waals surface area (Å²) in [5.41, 5.74) is -0.891. The van der Waals surface area contributed by atoms with Crippen molar-refractivity contribution in [2.45, 2.75) is 31.3 Å². The first kappa shape index (κ1) is 17.1. The maximum Gasteiger partial charge on any atom is 0.222 e. The lowest BCUT2D eigenvalue weighted by atomic mass is 9.95. The Labute approximate surface area is 142 Å². The number of carbonyl (C=O) groups is 1. The first-order valence-electron chi connectivity index (χ1n) is 8.61. The largest absolute Gasteiger partial charge is 0.386 e. The molecule has 24 heavy (non-hydrogen) atoms. The van der Waals surface area contributed by atoms with Crippen molar-refractivity contribution < 1.29 is 14.6 Å². The molecule has 0 aromatic carbocycles. The number of anilines is 1. The number of ether oxygens (including phenoxy) is 1. The highest BCUT2D eigenvalue weighted by Crippen LogP contribution is 2.26. The molecule has 3 rings (SSSR count). The van der Waals surface area contributed by atoms with E-state index in [0.717, 1.165) is 38.4 Å². The molecule has 7 nitrogen and oxygen atoms in total. The zero-order chi connectivity index (χ0) is 17.0. The maximum atomic E-state index is 12.4. The van der Waals surface area contributed by atoms with Crippen molar-refractivity contribution in [2.24, 2.45) is 5.92 Å². The summed E-state index contributed by atoms with van der Waals surface area (Å²) in [5, 5.41) is 10.8. The summed E-state index contributed by atoms with van der Waals surface area (Å²) in [6, 6.07) is 0. The highest BCUT2D eigenvalue weighted by atomic mass is 16.5. The average molecular weight is 334 g/mol. The first-order chi connectivity index (χ1) is 11.6. The molecule has 3 heterocycles. The van der Waals surface area contributed by atoms with E-state index < -0.39 is 5.60 Å². The van der Waals surface area contributed by atoms with Crippen molar-refractivity contribution in [2.75, 3.05) is 44.8 Å². The third-order valence-corrected chi connectivity index (χ3v) is 4.97. The Bertz CT molecular complexity index is 550. The normalized spacial score (nSPS) is 25.0. The van der Waals surface area contributed by atoms with Gasteiger partial charge in [0.2, 0.25) is 5.91 Å². The van der Waals surface area contributed by atoms with Gasteiger partial charge in [-0.05, 0) is 25.2 Å². The van der Waals surface area contributed by atoms with Gasteiger partial charge in [-0.25, -0.2) is 4.98 Å². The minimum Gasteiger partial charge on any atom is -0.386 e. The van der Waals surface area contributed by atoms with Crippen LogP contribution < -0.4 is 4.90 Å². The van der Waals surface area contributed by atoms with Crippen molar-refractivity contribution >= 4 is 11.7 Å². The zero-order valence-corrected chi connectivity index (χ0v) is 14.2. The molecular weight excluding hydrogens is 308 g/mol. The number of amides is 1. The van der Waals surface area contributed by atoms with Crippen molar-refractivity contribution in [3.63, 3.8) is 0 Å². The summed E-state index contributed by atoms with van der Waals surface area (Å²) in [5.74, 6) is 1.28. The molecule has 1 amide bonds. The van der Waals surface area contributed by atoms with E-state index >= 15 is 0 Å². The molecule has 0 radical (unpaired) electrons. The van der Waals surface area contributed by atoms with Gasteiger partial charge in [0.15, 0.2) is 0 Å². The quantitative estimate of drug-likeness (QED) is 0.854. The lowest BCUT2D eigenvalue weighted by molar-refractivity contribution is -0.134. The number of rotatable bonds is 5. The van der Waals surface area contributed by atoms with Gasteiger partial charge in [-0.2, -0.15) is 0 Å². The predicted molar refractivity (Wildman–Crippen MR) is 89.6 cm³/mol. The molecule has 0 unspecified atom stereocenters. The minimum absolute atomic E-state index is 0.105. The van der Waals surface area contributed by atoms with Gasteiger partial charge in [-0.1, -0.05) is 0 Å². The SMILES string of the molecule is CN(C[C@@]1(O)CCN(c2cnccn2)C1)C(=O)CC1CCOCC1. The van der Waals surface area contributed by atoms with Gasteiger partial charge in [0, 0.05) is 52.2 Å². The molecule has 1 N–H and O–H groups in total. The molecule has 2 saturated heterocycles. The van der Waals surface area contributed by atoms with E-state index in [9.17, 15) is 9.90 Å². The molecule has 0 spiro atoms. The van der Waals surface area contributed by atoms with Crippen LogP contribution in [0.5, 0.6) is 0 Å². The van der Waals surface area contributed by atoms with E-state index in [4.69, 9.17) is 4.74 Å². The lowest BCUT2D eigenvalue weighted by Gasteiger charge is -2.30. The first-order valence-corrected chi connectivity index (χ1v) is 8.61. The molecule has 2 fully saturated rings. The second kappa shape index (κ2) is 7.44. The van der Waals surface area contributed by atoms with Crippen LogP contribution in [0.15, 0.2) is 18.6 Å². The number of likely N-dealkylation sites (N-methyl/N-ethyl adjacent to an activating group) is 1. The van der Waals surface area contributed by atoms with Crippen LogP contribution in [0, 0.1) is 5.92 Å². The smallest absolute Gasteiger partial charge is 0.222 e. The van der Waals surface area contributed by atoms with Gasteiger partial charge in [-0.3, -0.25) is 9.78 Å². The second-order valence-corrected chi connectivity index (χ2v) is 6.97. The van der Waals surface area contributed by atoms with E-state index in [2.05, 4.69) is 9.97 Å². The van der Waals surface area contributed by atoms with E-state index in [1.165, 1.54) is 0 Å². The zero-order valence-electron chi connectivity index (χ0n) is 14.2. The number of aromatic nitrogens is 2. The highest BCUT2D eigenvalue weighted by Gasteiger charge is 2.38. The van der Waals surface area contributed by atoms with Crippen molar-refractivity contribution in [3.05, 3.63) is 18.6 Å². The number of nitrogens with zero attached hydrogens (tertiary/aromatic N) is 4. The standard InChI is InChI=1S/C17H26N4O3/c1-20(16(22)10-14-2-8-24-9-3-14)12-17(23)4-7-21(13-17)15-11-18-5-6-19-15/h5-6,11,14,23H,2-4,7-10,12-13H2,1H3/t17-/m0/s1. The van der Waals surface area contributed by atoms with Gasteiger partial charge >= 0.3 is 0 Å². The Morgan fingerprint density at radius 2 is 2.25 bits per heavy atom. The Kier molecular flexibility index (Phi) is 5.30. The number of hydrogen-bond donors (Lipinski definition) is 1. The van der Waals surface area contributed by atoms with Crippen LogP contribution in [0.3, 0.4) is 0 Å². The van der Waals surface area contributed by atoms with Crippen LogP contribution in [0.1, 0.15) is 25.7 Å². The molecule has 0 saturated carbocycles. The summed E-state index contributed by atoms with van der Waals surface area (Å²) in [6.45, 7) is 3.04. The van der Waals surface area contributed by atoms with E-state index in [1.807, 2.05) is 4.90 Å². The third kappa shape index (κ3) is 4.21. The molecule has 0 aliphatic carbocycles. The van der Waals surface area contributed by atoms with Gasteiger partial charge in [-0.15, -0.1) is 0 Å². The van der Waals surface area contributed by atoms with Crippen LogP contribution in [0.2, 0.25) is 0 Å². The summed E-state index contributed by atoms with van der Waals surface area (Å²) in [6.07, 6.45) is 8.05. The Morgan fingerprint density at radius 3 is 2.96 bits per heavy atom. The molecule has 1 aromatic rings. The molecule has 132 valence electrons. The fraction of sp³-hybridized carbons (Fsp3) is 0.706. The Hall–Kier alpha value is -1.73. The van der Waals surface area contributed by atoms with Gasteiger partial charge < -0.3 is 19.6 Å². The highest BCUT2D eigenvalue weighted by molar-refractivity contribution is 5.76.